The molecule has 1 N–H and O–H groups in total. The van der Waals surface area contributed by atoms with Crippen LogP contribution in [0.2, 0.25) is 0 Å². The molecule has 0 aliphatic carbocycles. The van der Waals surface area contributed by atoms with Crippen LogP contribution in [-0.2, 0) is 90.0 Å². The minimum absolute atomic E-state index is 0.00757. The molecule has 0 radical (unpaired) electrons. The number of ether oxygens (including phenoxy) is 10. The molecule has 0 aromatic heterocycles. The van der Waals surface area contributed by atoms with Gasteiger partial charge in [0.05, 0.1) is 45.2 Å². The van der Waals surface area contributed by atoms with Gasteiger partial charge in [-0.15, -0.1) is 0 Å². The maximum atomic E-state index is 14.1. The van der Waals surface area contributed by atoms with Crippen LogP contribution in [-0.4, -0.2) is 96.8 Å². The molecule has 404 valence electrons. The molecule has 7 aromatic rings. The molecule has 0 unspecified atom stereocenters. The molecule has 0 spiro atoms. The van der Waals surface area contributed by atoms with Crippen LogP contribution in [0, 0.1) is 0 Å². The summed E-state index contributed by atoms with van der Waals surface area (Å²) in [7, 11) is 0. The van der Waals surface area contributed by atoms with Gasteiger partial charge in [-0.1, -0.05) is 200 Å². The van der Waals surface area contributed by atoms with Crippen molar-refractivity contribution in [3.05, 3.63) is 246 Å². The lowest BCUT2D eigenvalue weighted by Gasteiger charge is -2.45. The minimum atomic E-state index is -1.62. The summed E-state index contributed by atoms with van der Waals surface area (Å²) in [6.07, 6.45) is -11.4. The Bertz CT molecular complexity index is 2870. The van der Waals surface area contributed by atoms with Crippen molar-refractivity contribution in [2.45, 2.75) is 105 Å². The van der Waals surface area contributed by atoms with Crippen LogP contribution in [0.5, 0.6) is 0 Å². The molecule has 7 aromatic carbocycles. The first-order valence-electron chi connectivity index (χ1n) is 25.9. The normalized spacial score (nSPS) is 22.9. The van der Waals surface area contributed by atoms with E-state index in [0.717, 1.165) is 32.7 Å². The molecule has 2 aliphatic heterocycles. The van der Waals surface area contributed by atoms with Crippen molar-refractivity contribution >= 4 is 29.7 Å². The van der Waals surface area contributed by atoms with Crippen LogP contribution < -0.4 is 0 Å². The predicted molar refractivity (Wildman–Crippen MR) is 289 cm³/mol. The van der Waals surface area contributed by atoms with E-state index in [1.165, 1.54) is 11.8 Å². The van der Waals surface area contributed by atoms with E-state index in [0.29, 0.717) is 0 Å². The van der Waals surface area contributed by atoms with Crippen molar-refractivity contribution in [2.24, 2.45) is 0 Å². The van der Waals surface area contributed by atoms with Crippen molar-refractivity contribution < 1.29 is 66.9 Å². The van der Waals surface area contributed by atoms with Crippen LogP contribution in [0.4, 0.5) is 0 Å². The van der Waals surface area contributed by atoms with E-state index in [4.69, 9.17) is 47.4 Å². The van der Waals surface area contributed by atoms with E-state index in [1.54, 1.807) is 30.3 Å². The Hall–Kier alpha value is -7.02. The number of rotatable bonds is 25. The highest BCUT2D eigenvalue weighted by Gasteiger charge is 2.52. The second-order valence-electron chi connectivity index (χ2n) is 18.6. The molecular weight excluding hydrogens is 1010 g/mol. The van der Waals surface area contributed by atoms with Gasteiger partial charge in [-0.25, -0.2) is 4.79 Å². The largest absolute Gasteiger partial charge is 0.462 e. The van der Waals surface area contributed by atoms with Crippen LogP contribution in [0.1, 0.15) is 44.6 Å². The molecule has 9 rings (SSSR count). The Labute approximate surface area is 458 Å². The molecule has 78 heavy (non-hydrogen) atoms. The number of esters is 3. The first-order chi connectivity index (χ1) is 38.3. The minimum Gasteiger partial charge on any atom is -0.462 e. The zero-order chi connectivity index (χ0) is 53.7. The highest BCUT2D eigenvalue weighted by Crippen LogP contribution is 2.39. The van der Waals surface area contributed by atoms with Gasteiger partial charge in [0, 0.05) is 4.90 Å². The van der Waals surface area contributed by atoms with Crippen LogP contribution in [0.25, 0.3) is 0 Å². The molecule has 0 amide bonds. The van der Waals surface area contributed by atoms with Crippen molar-refractivity contribution in [1.29, 1.82) is 0 Å². The number of hydrogen-bond acceptors (Lipinski definition) is 15. The average Bonchev–Trinajstić information content (AvgIpc) is 3.49. The average molecular weight is 1080 g/mol. The van der Waals surface area contributed by atoms with Gasteiger partial charge >= 0.3 is 17.9 Å². The number of aliphatic hydroxyl groups is 1. The first-order valence-corrected chi connectivity index (χ1v) is 26.8. The first kappa shape index (κ1) is 55.7. The fraction of sp³-hybridized carbons (Fsp3) is 0.286. The van der Waals surface area contributed by atoms with E-state index < -0.39 is 84.9 Å². The topological polar surface area (TPSA) is 164 Å². The van der Waals surface area contributed by atoms with Gasteiger partial charge < -0.3 is 52.5 Å². The van der Waals surface area contributed by atoms with Crippen LogP contribution in [0.15, 0.2) is 217 Å². The molecule has 2 aliphatic rings. The van der Waals surface area contributed by atoms with Crippen molar-refractivity contribution in [2.75, 3.05) is 13.2 Å². The lowest BCUT2D eigenvalue weighted by molar-refractivity contribution is -0.307. The van der Waals surface area contributed by atoms with Gasteiger partial charge in [0.25, 0.3) is 0 Å². The summed E-state index contributed by atoms with van der Waals surface area (Å²) in [5.41, 5.74) is 3.91. The van der Waals surface area contributed by atoms with Gasteiger partial charge in [-0.05, 0) is 52.1 Å². The molecule has 2 heterocycles. The molecular formula is C63H62O14S. The van der Waals surface area contributed by atoms with Gasteiger partial charge in [0.15, 0.2) is 18.5 Å². The Balaban J connectivity index is 0.955. The number of carbonyl (C=O) groups excluding carboxylic acids is 3. The molecule has 2 fully saturated rings. The lowest BCUT2D eigenvalue weighted by atomic mass is 9.98. The quantitative estimate of drug-likeness (QED) is 0.0327. The summed E-state index contributed by atoms with van der Waals surface area (Å²) in [5.74, 6) is -2.82. The van der Waals surface area contributed by atoms with Gasteiger partial charge in [0.2, 0.25) is 0 Å². The summed E-state index contributed by atoms with van der Waals surface area (Å²) in [6, 6.07) is 65.9. The molecule has 0 saturated carbocycles. The second kappa shape index (κ2) is 29.1. The molecule has 10 atom stereocenters. The van der Waals surface area contributed by atoms with E-state index in [1.807, 2.05) is 182 Å². The molecule has 2 saturated heterocycles. The van der Waals surface area contributed by atoms with Gasteiger partial charge in [-0.2, -0.15) is 0 Å². The third-order valence-electron chi connectivity index (χ3n) is 12.9. The summed E-state index contributed by atoms with van der Waals surface area (Å²) in [4.78, 5) is 42.8. The highest BCUT2D eigenvalue weighted by molar-refractivity contribution is 7.99. The summed E-state index contributed by atoms with van der Waals surface area (Å²) >= 11 is 1.44. The van der Waals surface area contributed by atoms with Crippen molar-refractivity contribution in [3.63, 3.8) is 0 Å². The maximum Gasteiger partial charge on any atom is 0.338 e. The third-order valence-corrected chi connectivity index (χ3v) is 14.1. The molecule has 0 bridgehead atoms. The van der Waals surface area contributed by atoms with Crippen LogP contribution in [0.3, 0.4) is 0 Å². The zero-order valence-corrected chi connectivity index (χ0v) is 43.6. The SMILES string of the molecule is O=C(CC(=O)O[C@H]1[C@H](O)[C@@H](COCc2ccccc2)O[C@H](OCc2ccccc2)[C@@H]1OC(=O)c1ccccc1)OC[C@H]1O[C@H](Sc2ccccc2)[C@@H](OCc2ccccc2)[C@@H](OCc2ccccc2)[C@@H]1OCc1ccccc1. The third kappa shape index (κ3) is 16.3. The summed E-state index contributed by atoms with van der Waals surface area (Å²) in [6.45, 7) is 0.284. The Morgan fingerprint density at radius 2 is 0.872 bits per heavy atom. The van der Waals surface area contributed by atoms with Crippen molar-refractivity contribution in [3.8, 4) is 0 Å². The second-order valence-corrected chi connectivity index (χ2v) is 19.8. The Morgan fingerprint density at radius 3 is 1.40 bits per heavy atom. The van der Waals surface area contributed by atoms with Crippen molar-refractivity contribution in [1.82, 2.24) is 0 Å². The number of carbonyl (C=O) groups is 3. The summed E-state index contributed by atoms with van der Waals surface area (Å²) < 4.78 is 63.8. The Kier molecular flexibility index (Phi) is 20.8. The standard InChI is InChI=1S/C63H62O14S/c64-53(36-54(65)76-57-55(66)51(42-68-37-44-22-8-1-9-23-44)74-62(73-41-48-30-16-5-17-31-48)59(57)77-61(67)49-32-18-6-19-33-49)69-43-52-56(70-38-45-24-10-2-11-25-45)58(71-39-46-26-12-3-13-27-46)60(72-40-47-28-14-4-15-29-47)63(75-52)78-50-34-20-7-21-35-50/h1-35,51-52,55-60,62-63,66H,36-43H2/t51-,52-,55-,56-,57+,58+,59-,60+,62+,63-/m1/s1. The number of thioether (sulfide) groups is 1. The highest BCUT2D eigenvalue weighted by atomic mass is 32.2. The fourth-order valence-corrected chi connectivity index (χ4v) is 10.1. The number of benzene rings is 7. The summed E-state index contributed by atoms with van der Waals surface area (Å²) in [5, 5.41) is 12.0. The monoisotopic (exact) mass is 1070 g/mol. The Morgan fingerprint density at radius 1 is 0.423 bits per heavy atom. The lowest BCUT2D eigenvalue weighted by Crippen LogP contribution is -2.62. The molecule has 14 nitrogen and oxygen atoms in total. The van der Waals surface area contributed by atoms with E-state index in [-0.39, 0.29) is 51.8 Å². The van der Waals surface area contributed by atoms with E-state index in [2.05, 4.69) is 0 Å². The predicted octanol–water partition coefficient (Wildman–Crippen LogP) is 9.85. The number of aliphatic hydroxyl groups excluding tert-OH is 1. The van der Waals surface area contributed by atoms with E-state index >= 15 is 0 Å². The number of hydrogen-bond donors (Lipinski definition) is 1. The van der Waals surface area contributed by atoms with Gasteiger partial charge in [0.1, 0.15) is 55.1 Å². The molecule has 15 heteroatoms. The zero-order valence-electron chi connectivity index (χ0n) is 42.8. The van der Waals surface area contributed by atoms with Crippen LogP contribution >= 0.6 is 11.8 Å². The van der Waals surface area contributed by atoms with E-state index in [9.17, 15) is 19.5 Å². The van der Waals surface area contributed by atoms with Gasteiger partial charge in [-0.3, -0.25) is 9.59 Å². The fourth-order valence-electron chi connectivity index (χ4n) is 8.95. The smallest absolute Gasteiger partial charge is 0.338 e. The maximum absolute atomic E-state index is 14.1.